The van der Waals surface area contributed by atoms with Crippen molar-refractivity contribution in [1.29, 1.82) is 0 Å². The van der Waals surface area contributed by atoms with Crippen LogP contribution in [0, 0.1) is 0 Å². The predicted octanol–water partition coefficient (Wildman–Crippen LogP) is -1.75. The third-order valence-corrected chi connectivity index (χ3v) is 13.6. The van der Waals surface area contributed by atoms with Crippen molar-refractivity contribution in [3.63, 3.8) is 0 Å². The molecule has 2 heterocycles. The molecule has 430 valence electrons. The molecule has 2 aromatic carbocycles. The zero-order valence-electron chi connectivity index (χ0n) is 43.5. The summed E-state index contributed by atoms with van der Waals surface area (Å²) < 4.78 is 0. The van der Waals surface area contributed by atoms with Gasteiger partial charge in [0.1, 0.15) is 42.3 Å². The minimum absolute atomic E-state index is 0.0542. The van der Waals surface area contributed by atoms with Crippen molar-refractivity contribution in [2.75, 3.05) is 24.6 Å². The number of aliphatic carboxylic acids is 1. The highest BCUT2D eigenvalue weighted by Gasteiger charge is 2.35. The van der Waals surface area contributed by atoms with E-state index < -0.39 is 100 Å². The van der Waals surface area contributed by atoms with Crippen molar-refractivity contribution >= 4 is 111 Å². The largest absolute Gasteiger partial charge is 0.480 e. The van der Waals surface area contributed by atoms with Gasteiger partial charge in [-0.3, -0.25) is 43.5 Å². The van der Waals surface area contributed by atoms with Crippen LogP contribution in [0.1, 0.15) is 62.3 Å². The van der Waals surface area contributed by atoms with Gasteiger partial charge in [-0.25, -0.2) is 9.78 Å². The monoisotopic (exact) mass is 1200 g/mol. The first kappa shape index (κ1) is 64.2. The molecule has 0 aliphatic rings. The summed E-state index contributed by atoms with van der Waals surface area (Å²) in [6.07, 6.45) is 5.89. The third-order valence-electron chi connectivity index (χ3n) is 12.3. The van der Waals surface area contributed by atoms with Gasteiger partial charge in [0, 0.05) is 71.1 Å². The van der Waals surface area contributed by atoms with E-state index >= 15 is 0 Å². The van der Waals surface area contributed by atoms with Gasteiger partial charge < -0.3 is 81.0 Å². The van der Waals surface area contributed by atoms with Crippen LogP contribution >= 0.6 is 41.2 Å². The van der Waals surface area contributed by atoms with E-state index in [-0.39, 0.29) is 75.0 Å². The number of unbranched alkanes of at least 4 members (excludes halogenated alkanes) is 1. The average Bonchev–Trinajstić information content (AvgIpc) is 4.16. The van der Waals surface area contributed by atoms with Crippen LogP contribution in [-0.4, -0.2) is 157 Å². The quantitative estimate of drug-likeness (QED) is 0.00811. The summed E-state index contributed by atoms with van der Waals surface area (Å²) in [5.41, 5.74) is 30.4. The lowest BCUT2D eigenvalue weighted by Crippen LogP contribution is -2.61. The van der Waals surface area contributed by atoms with Gasteiger partial charge in [-0.1, -0.05) is 84.2 Å². The number of alkyl halides is 1. The Balaban J connectivity index is 1.63. The molecule has 0 radical (unpaired) electrons. The van der Waals surface area contributed by atoms with Crippen LogP contribution < -0.4 is 65.9 Å². The van der Waals surface area contributed by atoms with E-state index in [4.69, 9.17) is 28.7 Å². The Kier molecular flexibility index (Phi) is 26.9. The Morgan fingerprint density at radius 3 is 1.76 bits per heavy atom. The molecule has 7 amide bonds. The highest BCUT2D eigenvalue weighted by molar-refractivity contribution is 9.09. The molecule has 1 unspecified atom stereocenters. The number of carbonyl (C=O) groups excluding carboxylic acids is 7. The van der Waals surface area contributed by atoms with E-state index in [1.165, 1.54) is 12.5 Å². The van der Waals surface area contributed by atoms with Gasteiger partial charge in [0.15, 0.2) is 11.9 Å². The first-order valence-corrected chi connectivity index (χ1v) is 27.5. The molecule has 0 aliphatic heterocycles. The third kappa shape index (κ3) is 21.8. The summed E-state index contributed by atoms with van der Waals surface area (Å²) in [6.45, 7) is 2.09. The lowest BCUT2D eigenvalue weighted by Gasteiger charge is -2.28. The summed E-state index contributed by atoms with van der Waals surface area (Å²) in [5.74, 6) is -7.79. The number of benzene rings is 2. The number of para-hydroxylation sites is 1. The van der Waals surface area contributed by atoms with Gasteiger partial charge in [0.2, 0.25) is 41.4 Å². The van der Waals surface area contributed by atoms with E-state index in [0.29, 0.717) is 36.1 Å². The number of aromatic nitrogens is 3. The number of H-pyrrole nitrogens is 2. The smallest absolute Gasteiger partial charge is 0.327 e. The lowest BCUT2D eigenvalue weighted by molar-refractivity contribution is -0.141. The zero-order valence-corrected chi connectivity index (χ0v) is 46.9. The van der Waals surface area contributed by atoms with Crippen LogP contribution in [0.2, 0.25) is 0 Å². The number of fused-ring (bicyclic) bond motifs is 1. The molecule has 0 fully saturated rings. The average molecular weight is 1200 g/mol. The van der Waals surface area contributed by atoms with E-state index in [9.17, 15) is 43.5 Å². The fourth-order valence-corrected chi connectivity index (χ4v) is 9.02. The number of hydrogen-bond acceptors (Lipinski definition) is 14. The number of amides is 7. The van der Waals surface area contributed by atoms with Crippen molar-refractivity contribution in [1.82, 2.24) is 52.2 Å². The number of carboxylic acids is 1. The standard InChI is InChI=1S/C50H72BrN17O9S2/c1-2-3-14-34(62-41(69)32(52)13-9-16-58-49(53)54)42(70)67-39(24-78)47(75)66-38(20-30-23-57-26-61-30)46(74)63-35(17-27-10-5-4-6-11-27)43(71)65-37(19-29(51)22-60-50(55)56)45(73)64-36(44(72)68-40(25-79)48(76)77)18-28-21-59-33-15-8-7-12-31(28)33/h4-8,10-12,15,21,23,26,29,32,34-40,59,78-79H,2-3,9,13-14,16-20,22,24-25,52H2,1H3,(H,57,61)(H,62,69)(H,63,74)(H,64,73)(H,65,71)(H,66,75)(H,67,70)(H,68,72)(H,76,77)(H4,53,54,58)(H4,55,56,60)/t29?,32-,34-,35+,36-,37-,38-,39-,40-/m0/s1. The second-order valence-corrected chi connectivity index (χ2v) is 20.5. The van der Waals surface area contributed by atoms with Gasteiger partial charge in [-0.05, 0) is 42.9 Å². The summed E-state index contributed by atoms with van der Waals surface area (Å²) >= 11 is 11.9. The van der Waals surface area contributed by atoms with Gasteiger partial charge in [-0.2, -0.15) is 25.3 Å². The number of rotatable bonds is 34. The second-order valence-electron chi connectivity index (χ2n) is 18.5. The molecule has 0 saturated heterocycles. The van der Waals surface area contributed by atoms with Crippen LogP contribution in [0.15, 0.2) is 83.3 Å². The first-order valence-electron chi connectivity index (χ1n) is 25.4. The Labute approximate surface area is 476 Å². The molecule has 4 aromatic rings. The molecule has 79 heavy (non-hydrogen) atoms. The second kappa shape index (κ2) is 33.2. The molecule has 4 rings (SSSR count). The number of hydrogen-bond donors (Lipinski definition) is 17. The molecule has 0 saturated carbocycles. The Morgan fingerprint density at radius 2 is 1.16 bits per heavy atom. The first-order chi connectivity index (χ1) is 37.7. The molecule has 20 N–H and O–H groups in total. The maximum atomic E-state index is 14.8. The number of guanidine groups is 2. The number of nitrogens with zero attached hydrogens (tertiary/aromatic N) is 3. The number of halogens is 1. The van der Waals surface area contributed by atoms with Crippen molar-refractivity contribution in [2.24, 2.45) is 38.7 Å². The topological polar surface area (TPSA) is 440 Å². The lowest BCUT2D eigenvalue weighted by atomic mass is 10.0. The minimum atomic E-state index is -1.46. The van der Waals surface area contributed by atoms with Gasteiger partial charge in [0.05, 0.1) is 18.9 Å². The maximum absolute atomic E-state index is 14.8. The van der Waals surface area contributed by atoms with Crippen molar-refractivity contribution in [3.8, 4) is 0 Å². The van der Waals surface area contributed by atoms with Gasteiger partial charge in [-0.15, -0.1) is 0 Å². The van der Waals surface area contributed by atoms with E-state index in [1.807, 2.05) is 25.1 Å². The molecule has 0 aliphatic carbocycles. The molecule has 0 bridgehead atoms. The number of nitrogens with two attached hydrogens (primary N) is 5. The number of carboxylic acid groups (broad SMARTS) is 1. The number of aromatic amines is 2. The molecule has 26 nitrogen and oxygen atoms in total. The van der Waals surface area contributed by atoms with Crippen molar-refractivity contribution < 1.29 is 43.5 Å². The van der Waals surface area contributed by atoms with Gasteiger partial charge in [0.25, 0.3) is 0 Å². The van der Waals surface area contributed by atoms with Crippen LogP contribution in [0.3, 0.4) is 0 Å². The molecule has 2 aromatic heterocycles. The summed E-state index contributed by atoms with van der Waals surface area (Å²) in [5, 5.41) is 29.1. The maximum Gasteiger partial charge on any atom is 0.327 e. The van der Waals surface area contributed by atoms with Crippen molar-refractivity contribution in [3.05, 3.63) is 90.1 Å². The molecule has 9 atom stereocenters. The molecular formula is C50H72BrN17O9S2. The number of carbonyl (C=O) groups is 8. The SMILES string of the molecule is CCCC[C@H](NC(=O)[C@@H](N)CCCN=C(N)N)C(=O)N[C@@H](CS)C(=O)N[C@@H](Cc1cnc[nH]1)C(=O)N[C@H](Cc1ccccc1)C(=O)N[C@@H](CC(Br)CN=C(N)N)C(=O)N[C@@H](Cc1c[nH]c2ccccc12)C(=O)N[C@@H](CS)C(=O)O. The Bertz CT molecular complexity index is 2710. The Morgan fingerprint density at radius 1 is 0.633 bits per heavy atom. The van der Waals surface area contributed by atoms with E-state index in [2.05, 4.69) is 103 Å². The Hall–Kier alpha value is -7.37. The highest BCUT2D eigenvalue weighted by atomic mass is 79.9. The summed E-state index contributed by atoms with van der Waals surface area (Å²) in [6, 6.07) is 5.31. The fourth-order valence-electron chi connectivity index (χ4n) is 8.00. The summed E-state index contributed by atoms with van der Waals surface area (Å²) in [4.78, 5) is 128. The minimum Gasteiger partial charge on any atom is -0.480 e. The molecular weight excluding hydrogens is 1130 g/mol. The number of nitrogens with one attached hydrogen (secondary N) is 9. The molecule has 0 spiro atoms. The number of thiol groups is 2. The van der Waals surface area contributed by atoms with E-state index in [1.54, 1.807) is 42.6 Å². The number of aliphatic imine (C=N–C) groups is 2. The van der Waals surface area contributed by atoms with Gasteiger partial charge >= 0.3 is 5.97 Å². The normalized spacial score (nSPS) is 14.5. The molecule has 29 heteroatoms. The fraction of sp³-hybridized carbons (Fsp3) is 0.460. The summed E-state index contributed by atoms with van der Waals surface area (Å²) in [7, 11) is 0. The van der Waals surface area contributed by atoms with Crippen LogP contribution in [0.4, 0.5) is 0 Å². The van der Waals surface area contributed by atoms with Crippen molar-refractivity contribution in [2.45, 2.75) is 118 Å². The van der Waals surface area contributed by atoms with Crippen LogP contribution in [0.5, 0.6) is 0 Å². The zero-order chi connectivity index (χ0) is 58.0. The predicted molar refractivity (Wildman–Crippen MR) is 309 cm³/mol. The highest BCUT2D eigenvalue weighted by Crippen LogP contribution is 2.20. The number of imidazole rings is 1. The van der Waals surface area contributed by atoms with Crippen LogP contribution in [0.25, 0.3) is 10.9 Å². The van der Waals surface area contributed by atoms with Crippen LogP contribution in [-0.2, 0) is 57.6 Å². The van der Waals surface area contributed by atoms with E-state index in [0.717, 1.165) is 10.9 Å².